The lowest BCUT2D eigenvalue weighted by Crippen LogP contribution is -2.44. The summed E-state index contributed by atoms with van der Waals surface area (Å²) in [7, 11) is 0. The number of carbonyl (C=O) groups is 1. The molecule has 118 valence electrons. The van der Waals surface area contributed by atoms with E-state index in [0.717, 1.165) is 37.1 Å². The van der Waals surface area contributed by atoms with Crippen LogP contribution in [0.3, 0.4) is 0 Å². The molecule has 0 bridgehead atoms. The number of benzene rings is 1. The first-order valence-corrected chi connectivity index (χ1v) is 8.50. The number of carbonyl (C=O) groups excluding carboxylic acids is 1. The molecule has 3 heterocycles. The summed E-state index contributed by atoms with van der Waals surface area (Å²) >= 11 is 0. The summed E-state index contributed by atoms with van der Waals surface area (Å²) in [4.78, 5) is 19.2. The fraction of sp³-hybridized carbons (Fsp3) is 0.400. The van der Waals surface area contributed by atoms with E-state index in [1.165, 1.54) is 16.7 Å². The van der Waals surface area contributed by atoms with E-state index >= 15 is 0 Å². The number of nitrogens with zero attached hydrogens (tertiary/aromatic N) is 2. The number of amides is 1. The zero-order valence-electron chi connectivity index (χ0n) is 13.7. The van der Waals surface area contributed by atoms with Crippen molar-refractivity contribution >= 4 is 5.91 Å². The molecule has 2 aromatic rings. The minimum atomic E-state index is 0.140. The Kier molecular flexibility index (Phi) is 3.44. The van der Waals surface area contributed by atoms with Gasteiger partial charge in [0, 0.05) is 19.2 Å². The Morgan fingerprint density at radius 2 is 2.17 bits per heavy atom. The number of rotatable bonds is 2. The molecule has 1 amide bonds. The second kappa shape index (κ2) is 5.48. The van der Waals surface area contributed by atoms with E-state index < -0.39 is 0 Å². The second-order valence-corrected chi connectivity index (χ2v) is 7.10. The normalized spacial score (nSPS) is 19.3. The lowest BCUT2D eigenvalue weighted by Gasteiger charge is -2.41. The van der Waals surface area contributed by atoms with Crippen molar-refractivity contribution in [2.75, 3.05) is 6.54 Å². The van der Waals surface area contributed by atoms with Gasteiger partial charge in [0.2, 0.25) is 0 Å². The van der Waals surface area contributed by atoms with E-state index in [0.29, 0.717) is 5.92 Å². The first kappa shape index (κ1) is 14.4. The Hall–Kier alpha value is -2.16. The highest BCUT2D eigenvalue weighted by atomic mass is 16.2. The van der Waals surface area contributed by atoms with Crippen molar-refractivity contribution in [2.24, 2.45) is 5.92 Å². The highest BCUT2D eigenvalue weighted by Gasteiger charge is 2.37. The number of hydrogen-bond acceptors (Lipinski definition) is 2. The van der Waals surface area contributed by atoms with E-state index in [1.54, 1.807) is 6.20 Å². The smallest absolute Gasteiger partial charge is 0.256 e. The molecule has 1 aromatic heterocycles. The molecule has 0 saturated heterocycles. The van der Waals surface area contributed by atoms with Gasteiger partial charge in [-0.1, -0.05) is 32.0 Å². The molecule has 3 heteroatoms. The number of pyridine rings is 1. The molecule has 2 aliphatic heterocycles. The molecule has 23 heavy (non-hydrogen) atoms. The number of hydrogen-bond donors (Lipinski definition) is 0. The van der Waals surface area contributed by atoms with Crippen LogP contribution in [0.4, 0.5) is 0 Å². The Labute approximate surface area is 137 Å². The van der Waals surface area contributed by atoms with Gasteiger partial charge < -0.3 is 4.90 Å². The molecule has 1 aromatic carbocycles. The average Bonchev–Trinajstić information content (AvgIpc) is 2.54. The first-order valence-electron chi connectivity index (χ1n) is 8.50. The molecule has 0 saturated carbocycles. The van der Waals surface area contributed by atoms with E-state index in [2.05, 4.69) is 37.0 Å². The molecule has 0 radical (unpaired) electrons. The lowest BCUT2D eigenvalue weighted by molar-refractivity contribution is 0.0629. The quantitative estimate of drug-likeness (QED) is 0.849. The summed E-state index contributed by atoms with van der Waals surface area (Å²) in [5.41, 5.74) is 5.86. The van der Waals surface area contributed by atoms with Crippen molar-refractivity contribution in [3.63, 3.8) is 0 Å². The van der Waals surface area contributed by atoms with Crippen molar-refractivity contribution in [1.29, 1.82) is 0 Å². The van der Waals surface area contributed by atoms with Crippen LogP contribution in [0.5, 0.6) is 0 Å². The van der Waals surface area contributed by atoms with Crippen molar-refractivity contribution in [3.8, 4) is 0 Å². The van der Waals surface area contributed by atoms with Gasteiger partial charge in [0.05, 0.1) is 17.3 Å². The van der Waals surface area contributed by atoms with Gasteiger partial charge in [0.25, 0.3) is 5.91 Å². The van der Waals surface area contributed by atoms with Crippen molar-refractivity contribution < 1.29 is 4.79 Å². The van der Waals surface area contributed by atoms with Gasteiger partial charge in [-0.2, -0.15) is 0 Å². The Morgan fingerprint density at radius 3 is 3.00 bits per heavy atom. The molecular weight excluding hydrogens is 284 g/mol. The fourth-order valence-corrected chi connectivity index (χ4v) is 3.96. The molecule has 0 aliphatic carbocycles. The molecule has 1 unspecified atom stereocenters. The first-order chi connectivity index (χ1) is 11.1. The summed E-state index contributed by atoms with van der Waals surface area (Å²) < 4.78 is 0. The zero-order valence-corrected chi connectivity index (χ0v) is 13.7. The largest absolute Gasteiger partial charge is 0.331 e. The highest BCUT2D eigenvalue weighted by Crippen LogP contribution is 2.37. The van der Waals surface area contributed by atoms with Gasteiger partial charge in [-0.05, 0) is 47.6 Å². The summed E-state index contributed by atoms with van der Waals surface area (Å²) in [6.45, 7) is 5.32. The highest BCUT2D eigenvalue weighted by molar-refractivity contribution is 5.96. The molecular formula is C20H22N2O. The molecule has 2 aliphatic rings. The maximum Gasteiger partial charge on any atom is 0.256 e. The summed E-state index contributed by atoms with van der Waals surface area (Å²) in [5, 5.41) is 0. The monoisotopic (exact) mass is 306 g/mol. The van der Waals surface area contributed by atoms with Crippen molar-refractivity contribution in [2.45, 2.75) is 39.2 Å². The molecule has 0 spiro atoms. The maximum absolute atomic E-state index is 12.8. The van der Waals surface area contributed by atoms with Gasteiger partial charge in [-0.25, -0.2) is 0 Å². The van der Waals surface area contributed by atoms with Crippen LogP contribution in [0.2, 0.25) is 0 Å². The van der Waals surface area contributed by atoms with Crippen LogP contribution in [-0.4, -0.2) is 22.3 Å². The van der Waals surface area contributed by atoms with Crippen molar-refractivity contribution in [1.82, 2.24) is 9.88 Å². The summed E-state index contributed by atoms with van der Waals surface area (Å²) in [6, 6.07) is 10.7. The predicted molar refractivity (Wildman–Crippen MR) is 90.4 cm³/mol. The minimum absolute atomic E-state index is 0.140. The number of fused-ring (bicyclic) bond motifs is 4. The third-order valence-corrected chi connectivity index (χ3v) is 4.98. The third kappa shape index (κ3) is 2.44. The van der Waals surface area contributed by atoms with Crippen LogP contribution in [0.25, 0.3) is 0 Å². The number of aromatic nitrogens is 1. The molecule has 0 N–H and O–H groups in total. The topological polar surface area (TPSA) is 33.2 Å². The van der Waals surface area contributed by atoms with E-state index in [9.17, 15) is 4.79 Å². The van der Waals surface area contributed by atoms with Gasteiger partial charge in [0.1, 0.15) is 0 Å². The Morgan fingerprint density at radius 1 is 1.30 bits per heavy atom. The van der Waals surface area contributed by atoms with E-state index in [4.69, 9.17) is 0 Å². The molecule has 0 fully saturated rings. The second-order valence-electron chi connectivity index (χ2n) is 7.10. The Balaban J connectivity index is 1.72. The lowest BCUT2D eigenvalue weighted by atomic mass is 9.84. The van der Waals surface area contributed by atoms with Crippen LogP contribution < -0.4 is 0 Å². The Bertz CT molecular complexity index is 766. The molecule has 3 nitrogen and oxygen atoms in total. The molecule has 4 rings (SSSR count). The van der Waals surface area contributed by atoms with Gasteiger partial charge in [-0.15, -0.1) is 0 Å². The van der Waals surface area contributed by atoms with Crippen LogP contribution in [-0.2, 0) is 19.3 Å². The fourth-order valence-electron chi connectivity index (χ4n) is 3.96. The van der Waals surface area contributed by atoms with Gasteiger partial charge in [-0.3, -0.25) is 9.78 Å². The van der Waals surface area contributed by atoms with Gasteiger partial charge >= 0.3 is 0 Å². The zero-order chi connectivity index (χ0) is 16.0. The van der Waals surface area contributed by atoms with Gasteiger partial charge in [0.15, 0.2) is 0 Å². The minimum Gasteiger partial charge on any atom is -0.331 e. The SMILES string of the molecule is CC(C)Cc1ccc2c(c1)CCN1C(=O)c3cccnc3CC21. The predicted octanol–water partition coefficient (Wildman–Crippen LogP) is 3.58. The standard InChI is InChI=1S/C20H22N2O/c1-13(2)10-14-5-6-16-15(11-14)7-9-22-19(16)12-18-17(20(22)23)4-3-8-21-18/h3-6,8,11,13,19H,7,9-10,12H2,1-2H3. The maximum atomic E-state index is 12.8. The average molecular weight is 306 g/mol. The summed E-state index contributed by atoms with van der Waals surface area (Å²) in [6.07, 6.45) is 4.69. The molecule has 1 atom stereocenters. The van der Waals surface area contributed by atoms with Crippen LogP contribution >= 0.6 is 0 Å². The van der Waals surface area contributed by atoms with Crippen LogP contribution in [0.15, 0.2) is 36.5 Å². The van der Waals surface area contributed by atoms with Crippen molar-refractivity contribution in [3.05, 3.63) is 64.5 Å². The van der Waals surface area contributed by atoms with E-state index in [1.807, 2.05) is 17.0 Å². The van der Waals surface area contributed by atoms with E-state index in [-0.39, 0.29) is 11.9 Å². The summed E-state index contributed by atoms with van der Waals surface area (Å²) in [5.74, 6) is 0.807. The van der Waals surface area contributed by atoms with Crippen LogP contribution in [0, 0.1) is 5.92 Å². The van der Waals surface area contributed by atoms with Crippen LogP contribution in [0.1, 0.15) is 52.6 Å². The third-order valence-electron chi connectivity index (χ3n) is 4.98.